The number of halogens is 2. The van der Waals surface area contributed by atoms with E-state index >= 15 is 0 Å². The molecule has 0 aliphatic carbocycles. The van der Waals surface area contributed by atoms with E-state index in [2.05, 4.69) is 5.32 Å². The molecule has 0 bridgehead atoms. The quantitative estimate of drug-likeness (QED) is 0.587. The lowest BCUT2D eigenvalue weighted by molar-refractivity contribution is -0.138. The van der Waals surface area contributed by atoms with Crippen LogP contribution in [0, 0.1) is 12.7 Å². The van der Waals surface area contributed by atoms with Crippen LogP contribution in [-0.4, -0.2) is 34.6 Å². The summed E-state index contributed by atoms with van der Waals surface area (Å²) in [4.78, 5) is 27.1. The van der Waals surface area contributed by atoms with Gasteiger partial charge in [0.05, 0.1) is 5.75 Å². The number of nitrogens with zero attached hydrogens (tertiary/aromatic N) is 1. The van der Waals surface area contributed by atoms with Crippen molar-refractivity contribution in [2.24, 2.45) is 0 Å². The fourth-order valence-electron chi connectivity index (χ4n) is 2.87. The van der Waals surface area contributed by atoms with Crippen LogP contribution in [0.1, 0.15) is 37.5 Å². The first-order valence-corrected chi connectivity index (χ1v) is 11.4. The largest absolute Gasteiger partial charge is 0.352 e. The molecule has 2 aromatic carbocycles. The topological polar surface area (TPSA) is 49.4 Å². The highest BCUT2D eigenvalue weighted by atomic mass is 35.5. The van der Waals surface area contributed by atoms with E-state index < -0.39 is 6.04 Å². The maximum absolute atomic E-state index is 14.0. The monoisotopic (exact) mass is 450 g/mol. The predicted molar refractivity (Wildman–Crippen MR) is 122 cm³/mol. The van der Waals surface area contributed by atoms with Crippen LogP contribution in [-0.2, 0) is 21.9 Å². The zero-order chi connectivity index (χ0) is 22.3. The van der Waals surface area contributed by atoms with Crippen LogP contribution in [0.4, 0.5) is 4.39 Å². The zero-order valence-electron chi connectivity index (χ0n) is 17.7. The summed E-state index contributed by atoms with van der Waals surface area (Å²) in [6, 6.07) is 11.7. The second-order valence-electron chi connectivity index (χ2n) is 7.54. The number of carbonyl (C=O) groups is 2. The standard InChI is InChI=1S/C23H28ClFN2O2S/c1-15(2)26-23(29)17(4)27(12-18-10-8-16(3)9-11-18)22(28)14-30-13-19-20(24)6-5-7-21(19)25/h5-11,15,17H,12-14H2,1-4H3,(H,26,29)/t17-/m0/s1. The summed E-state index contributed by atoms with van der Waals surface area (Å²) in [6.45, 7) is 7.81. The maximum Gasteiger partial charge on any atom is 0.242 e. The molecular weight excluding hydrogens is 423 g/mol. The first-order valence-electron chi connectivity index (χ1n) is 9.85. The Hall–Kier alpha value is -2.05. The lowest BCUT2D eigenvalue weighted by atomic mass is 10.1. The molecule has 0 aromatic heterocycles. The van der Waals surface area contributed by atoms with Crippen LogP contribution in [0.25, 0.3) is 0 Å². The van der Waals surface area contributed by atoms with Gasteiger partial charge in [-0.2, -0.15) is 0 Å². The molecule has 1 atom stereocenters. The highest BCUT2D eigenvalue weighted by Gasteiger charge is 2.26. The van der Waals surface area contributed by atoms with Gasteiger partial charge in [-0.3, -0.25) is 9.59 Å². The minimum atomic E-state index is -0.626. The Morgan fingerprint density at radius 1 is 1.13 bits per heavy atom. The lowest BCUT2D eigenvalue weighted by Gasteiger charge is -2.29. The maximum atomic E-state index is 14.0. The van der Waals surface area contributed by atoms with E-state index in [0.29, 0.717) is 17.1 Å². The molecule has 2 amide bonds. The predicted octanol–water partition coefficient (Wildman–Crippen LogP) is 4.96. The average Bonchev–Trinajstić information content (AvgIpc) is 2.68. The van der Waals surface area contributed by atoms with Crippen molar-refractivity contribution in [3.05, 3.63) is 70.0 Å². The molecule has 0 saturated carbocycles. The van der Waals surface area contributed by atoms with Crippen LogP contribution in [0.15, 0.2) is 42.5 Å². The van der Waals surface area contributed by atoms with Gasteiger partial charge in [-0.15, -0.1) is 11.8 Å². The third-order valence-corrected chi connectivity index (χ3v) is 5.90. The Morgan fingerprint density at radius 2 is 1.80 bits per heavy atom. The van der Waals surface area contributed by atoms with Gasteiger partial charge in [-0.25, -0.2) is 4.39 Å². The number of hydrogen-bond acceptors (Lipinski definition) is 3. The third-order valence-electron chi connectivity index (χ3n) is 4.61. The first kappa shape index (κ1) is 24.2. The first-order chi connectivity index (χ1) is 14.2. The Bertz CT molecular complexity index is 854. The van der Waals surface area contributed by atoms with Gasteiger partial charge >= 0.3 is 0 Å². The van der Waals surface area contributed by atoms with Gasteiger partial charge < -0.3 is 10.2 Å². The third kappa shape index (κ3) is 7.03. The van der Waals surface area contributed by atoms with Gasteiger partial charge in [0.1, 0.15) is 11.9 Å². The van der Waals surface area contributed by atoms with Gasteiger partial charge in [0.15, 0.2) is 0 Å². The molecule has 0 fully saturated rings. The Labute approximate surface area is 187 Å². The molecule has 0 saturated heterocycles. The number of amides is 2. The molecule has 0 spiro atoms. The summed E-state index contributed by atoms with van der Waals surface area (Å²) < 4.78 is 14.0. The van der Waals surface area contributed by atoms with E-state index in [-0.39, 0.29) is 35.2 Å². The molecule has 0 aliphatic rings. The summed E-state index contributed by atoms with van der Waals surface area (Å²) in [7, 11) is 0. The van der Waals surface area contributed by atoms with Crippen molar-refractivity contribution in [3.8, 4) is 0 Å². The minimum absolute atomic E-state index is 0.0196. The fraction of sp³-hybridized carbons (Fsp3) is 0.391. The minimum Gasteiger partial charge on any atom is -0.352 e. The molecule has 0 radical (unpaired) electrons. The molecule has 1 N–H and O–H groups in total. The van der Waals surface area contributed by atoms with Crippen LogP contribution < -0.4 is 5.32 Å². The molecule has 2 rings (SSSR count). The van der Waals surface area contributed by atoms with Crippen molar-refractivity contribution < 1.29 is 14.0 Å². The van der Waals surface area contributed by atoms with Crippen molar-refractivity contribution in [1.29, 1.82) is 0 Å². The van der Waals surface area contributed by atoms with Crippen molar-refractivity contribution in [1.82, 2.24) is 10.2 Å². The van der Waals surface area contributed by atoms with Crippen molar-refractivity contribution >= 4 is 35.2 Å². The Balaban J connectivity index is 2.10. The van der Waals surface area contributed by atoms with E-state index in [1.54, 1.807) is 24.0 Å². The average molecular weight is 451 g/mol. The molecule has 162 valence electrons. The van der Waals surface area contributed by atoms with E-state index in [0.717, 1.165) is 11.1 Å². The van der Waals surface area contributed by atoms with E-state index in [1.807, 2.05) is 45.0 Å². The normalized spacial score (nSPS) is 12.0. The number of aryl methyl sites for hydroxylation is 1. The number of nitrogens with one attached hydrogen (secondary N) is 1. The summed E-state index contributed by atoms with van der Waals surface area (Å²) in [5.41, 5.74) is 2.45. The summed E-state index contributed by atoms with van der Waals surface area (Å²) in [6.07, 6.45) is 0. The van der Waals surface area contributed by atoms with Gasteiger partial charge in [0.25, 0.3) is 0 Å². The highest BCUT2D eigenvalue weighted by Crippen LogP contribution is 2.24. The number of rotatable bonds is 9. The molecular formula is C23H28ClFN2O2S. The summed E-state index contributed by atoms with van der Waals surface area (Å²) >= 11 is 7.35. The smallest absolute Gasteiger partial charge is 0.242 e. The van der Waals surface area contributed by atoms with Gasteiger partial charge in [0, 0.05) is 28.9 Å². The van der Waals surface area contributed by atoms with Crippen LogP contribution in [0.5, 0.6) is 0 Å². The Morgan fingerprint density at radius 3 is 2.40 bits per heavy atom. The number of thioether (sulfide) groups is 1. The summed E-state index contributed by atoms with van der Waals surface area (Å²) in [5, 5.41) is 3.21. The van der Waals surface area contributed by atoms with Gasteiger partial charge in [0.2, 0.25) is 11.8 Å². The molecule has 0 aliphatic heterocycles. The molecule has 0 unspecified atom stereocenters. The summed E-state index contributed by atoms with van der Waals surface area (Å²) in [5.74, 6) is -0.367. The van der Waals surface area contributed by atoms with Gasteiger partial charge in [-0.05, 0) is 45.4 Å². The lowest BCUT2D eigenvalue weighted by Crippen LogP contribution is -2.49. The van der Waals surface area contributed by atoms with Gasteiger partial charge in [-0.1, -0.05) is 47.5 Å². The molecule has 7 heteroatoms. The van der Waals surface area contributed by atoms with Crippen LogP contribution in [0.2, 0.25) is 5.02 Å². The number of carbonyl (C=O) groups excluding carboxylic acids is 2. The van der Waals surface area contributed by atoms with Crippen molar-refractivity contribution in [2.45, 2.75) is 52.1 Å². The van der Waals surface area contributed by atoms with Crippen LogP contribution in [0.3, 0.4) is 0 Å². The van der Waals surface area contributed by atoms with Crippen LogP contribution >= 0.6 is 23.4 Å². The Kier molecular flexibility index (Phi) is 9.18. The zero-order valence-corrected chi connectivity index (χ0v) is 19.3. The molecule has 0 heterocycles. The number of benzene rings is 2. The van der Waals surface area contributed by atoms with E-state index in [4.69, 9.17) is 11.6 Å². The SMILES string of the molecule is Cc1ccc(CN(C(=O)CSCc2c(F)cccc2Cl)[C@@H](C)C(=O)NC(C)C)cc1. The highest BCUT2D eigenvalue weighted by molar-refractivity contribution is 7.99. The van der Waals surface area contributed by atoms with Crippen molar-refractivity contribution in [3.63, 3.8) is 0 Å². The molecule has 2 aromatic rings. The second-order valence-corrected chi connectivity index (χ2v) is 8.93. The second kappa shape index (κ2) is 11.4. The molecule has 30 heavy (non-hydrogen) atoms. The van der Waals surface area contributed by atoms with Crippen molar-refractivity contribution in [2.75, 3.05) is 5.75 Å². The van der Waals surface area contributed by atoms with E-state index in [1.165, 1.54) is 17.8 Å². The van der Waals surface area contributed by atoms with E-state index in [9.17, 15) is 14.0 Å². The fourth-order valence-corrected chi connectivity index (χ4v) is 4.12. The number of hydrogen-bond donors (Lipinski definition) is 1. The molecule has 4 nitrogen and oxygen atoms in total.